The summed E-state index contributed by atoms with van der Waals surface area (Å²) >= 11 is 0. The van der Waals surface area contributed by atoms with E-state index in [2.05, 4.69) is 118 Å². The van der Waals surface area contributed by atoms with Gasteiger partial charge in [-0.05, 0) is 89.2 Å². The minimum atomic E-state index is 0.416. The standard InChI is InChI=1S/C56H84N2/c1-4-7-10-13-16-19-20-23-26-52(47-33-35-49(36-34-47)56(51-39-43-54(58)44-40-51)28-25-22-18-15-12-9-6-3)45-46-29-31-48(32-30-46)55(50-37-41-53(57)42-38-50)27-24-21-17-14-11-8-5-2/h29-44,52,55-56H,4-28,45,57-58H2,1-3H3. The first-order valence-electron chi connectivity index (χ1n) is 24.4. The van der Waals surface area contributed by atoms with E-state index in [0.717, 1.165) is 17.8 Å². The summed E-state index contributed by atoms with van der Waals surface area (Å²) in [5, 5.41) is 0. The average molecular weight is 785 g/mol. The number of nitrogens with two attached hydrogens (primary N) is 2. The summed E-state index contributed by atoms with van der Waals surface area (Å²) in [5.74, 6) is 1.36. The summed E-state index contributed by atoms with van der Waals surface area (Å²) in [6.07, 6.45) is 34.5. The van der Waals surface area contributed by atoms with Crippen LogP contribution in [0.4, 0.5) is 11.4 Å². The SMILES string of the molecule is CCCCCCCCCCC(Cc1ccc(C(CCCCCCCCC)c2ccc(N)cc2)cc1)c1ccc(C(CCCCCCCCC)c2ccc(N)cc2)cc1. The normalized spacial score (nSPS) is 13.1. The lowest BCUT2D eigenvalue weighted by Crippen LogP contribution is -2.07. The summed E-state index contributed by atoms with van der Waals surface area (Å²) in [4.78, 5) is 0. The van der Waals surface area contributed by atoms with Crippen LogP contribution in [0.5, 0.6) is 0 Å². The van der Waals surface area contributed by atoms with Crippen molar-refractivity contribution in [2.75, 3.05) is 11.5 Å². The first-order valence-corrected chi connectivity index (χ1v) is 24.4. The van der Waals surface area contributed by atoms with E-state index in [1.165, 1.54) is 194 Å². The Kier molecular flexibility index (Phi) is 23.4. The van der Waals surface area contributed by atoms with Crippen molar-refractivity contribution >= 4 is 11.4 Å². The van der Waals surface area contributed by atoms with Gasteiger partial charge in [0, 0.05) is 23.2 Å². The van der Waals surface area contributed by atoms with Crippen molar-refractivity contribution in [2.45, 2.75) is 205 Å². The summed E-state index contributed by atoms with van der Waals surface area (Å²) in [6.45, 7) is 6.91. The molecule has 0 saturated heterocycles. The molecule has 0 heterocycles. The van der Waals surface area contributed by atoms with Gasteiger partial charge in [0.25, 0.3) is 0 Å². The Bertz CT molecular complexity index is 1570. The molecule has 0 saturated carbocycles. The maximum Gasteiger partial charge on any atom is 0.0314 e. The molecule has 3 atom stereocenters. The van der Waals surface area contributed by atoms with Gasteiger partial charge >= 0.3 is 0 Å². The van der Waals surface area contributed by atoms with Gasteiger partial charge in [0.1, 0.15) is 0 Å². The van der Waals surface area contributed by atoms with Crippen LogP contribution in [0.1, 0.15) is 232 Å². The summed E-state index contributed by atoms with van der Waals surface area (Å²) < 4.78 is 0. The molecule has 4 aromatic rings. The molecular weight excluding hydrogens is 701 g/mol. The third kappa shape index (κ3) is 17.8. The third-order valence-electron chi connectivity index (χ3n) is 13.0. The number of benzene rings is 4. The minimum Gasteiger partial charge on any atom is -0.399 e. The highest BCUT2D eigenvalue weighted by Crippen LogP contribution is 2.35. The second-order valence-electron chi connectivity index (χ2n) is 17.8. The van der Waals surface area contributed by atoms with E-state index >= 15 is 0 Å². The largest absolute Gasteiger partial charge is 0.399 e. The molecule has 0 aliphatic rings. The van der Waals surface area contributed by atoms with E-state index in [1.54, 1.807) is 0 Å². The van der Waals surface area contributed by atoms with Gasteiger partial charge in [-0.15, -0.1) is 0 Å². The highest BCUT2D eigenvalue weighted by Gasteiger charge is 2.19. The first-order chi connectivity index (χ1) is 28.5. The van der Waals surface area contributed by atoms with E-state index in [1.807, 2.05) is 0 Å². The van der Waals surface area contributed by atoms with Gasteiger partial charge in [-0.2, -0.15) is 0 Å². The predicted octanol–water partition coefficient (Wildman–Crippen LogP) is 17.3. The molecule has 0 bridgehead atoms. The smallest absolute Gasteiger partial charge is 0.0314 e. The minimum absolute atomic E-state index is 0.416. The molecule has 0 amide bonds. The van der Waals surface area contributed by atoms with Gasteiger partial charge in [-0.1, -0.05) is 235 Å². The topological polar surface area (TPSA) is 52.0 Å². The molecule has 3 unspecified atom stereocenters. The molecule has 318 valence electrons. The summed E-state index contributed by atoms with van der Waals surface area (Å²) in [6, 6.07) is 37.0. The number of hydrogen-bond acceptors (Lipinski definition) is 2. The average Bonchev–Trinajstić information content (AvgIpc) is 3.25. The zero-order valence-electron chi connectivity index (χ0n) is 37.5. The molecule has 2 nitrogen and oxygen atoms in total. The van der Waals surface area contributed by atoms with Gasteiger partial charge in [-0.25, -0.2) is 0 Å². The Morgan fingerprint density at radius 1 is 0.310 bits per heavy atom. The van der Waals surface area contributed by atoms with Crippen LogP contribution in [0, 0.1) is 0 Å². The van der Waals surface area contributed by atoms with Crippen LogP contribution >= 0.6 is 0 Å². The van der Waals surface area contributed by atoms with Gasteiger partial charge in [0.05, 0.1) is 0 Å². The van der Waals surface area contributed by atoms with Crippen molar-refractivity contribution in [1.29, 1.82) is 0 Å². The predicted molar refractivity (Wildman–Crippen MR) is 257 cm³/mol. The Balaban J connectivity index is 1.47. The van der Waals surface area contributed by atoms with Crippen molar-refractivity contribution in [2.24, 2.45) is 0 Å². The van der Waals surface area contributed by atoms with Gasteiger partial charge in [0.2, 0.25) is 0 Å². The second kappa shape index (κ2) is 28.8. The van der Waals surface area contributed by atoms with Gasteiger partial charge in [0.15, 0.2) is 0 Å². The highest BCUT2D eigenvalue weighted by molar-refractivity contribution is 5.44. The molecule has 4 rings (SSSR count). The Morgan fingerprint density at radius 2 is 0.586 bits per heavy atom. The first kappa shape index (κ1) is 47.2. The molecule has 0 aliphatic carbocycles. The lowest BCUT2D eigenvalue weighted by Gasteiger charge is -2.22. The number of rotatable bonds is 32. The van der Waals surface area contributed by atoms with Gasteiger partial charge in [-0.3, -0.25) is 0 Å². The number of anilines is 2. The van der Waals surface area contributed by atoms with Crippen LogP contribution in [0.15, 0.2) is 97.1 Å². The van der Waals surface area contributed by atoms with Crippen LogP contribution in [-0.4, -0.2) is 0 Å². The third-order valence-corrected chi connectivity index (χ3v) is 13.0. The monoisotopic (exact) mass is 785 g/mol. The van der Waals surface area contributed by atoms with E-state index in [0.29, 0.717) is 17.8 Å². The Labute approximate surface area is 357 Å². The highest BCUT2D eigenvalue weighted by atomic mass is 14.5. The Morgan fingerprint density at radius 3 is 0.948 bits per heavy atom. The van der Waals surface area contributed by atoms with Crippen molar-refractivity contribution in [3.63, 3.8) is 0 Å². The molecule has 0 aliphatic heterocycles. The molecule has 4 N–H and O–H groups in total. The molecule has 0 fully saturated rings. The van der Waals surface area contributed by atoms with Gasteiger partial charge < -0.3 is 11.5 Å². The van der Waals surface area contributed by atoms with Crippen LogP contribution < -0.4 is 11.5 Å². The van der Waals surface area contributed by atoms with Crippen molar-refractivity contribution in [3.8, 4) is 0 Å². The lowest BCUT2D eigenvalue weighted by molar-refractivity contribution is 0.527. The number of unbranched alkanes of at least 4 members (excludes halogenated alkanes) is 19. The zero-order chi connectivity index (χ0) is 41.0. The van der Waals surface area contributed by atoms with Crippen LogP contribution in [0.2, 0.25) is 0 Å². The summed E-state index contributed by atoms with van der Waals surface area (Å²) in [5.41, 5.74) is 22.6. The zero-order valence-corrected chi connectivity index (χ0v) is 37.5. The molecule has 4 aromatic carbocycles. The lowest BCUT2D eigenvalue weighted by atomic mass is 9.82. The number of hydrogen-bond donors (Lipinski definition) is 2. The molecule has 0 spiro atoms. The van der Waals surface area contributed by atoms with Crippen molar-refractivity contribution < 1.29 is 0 Å². The fourth-order valence-corrected chi connectivity index (χ4v) is 9.20. The van der Waals surface area contributed by atoms with Crippen LogP contribution in [0.25, 0.3) is 0 Å². The second-order valence-corrected chi connectivity index (χ2v) is 17.8. The fourth-order valence-electron chi connectivity index (χ4n) is 9.20. The van der Waals surface area contributed by atoms with E-state index < -0.39 is 0 Å². The quantitative estimate of drug-likeness (QED) is 0.0383. The van der Waals surface area contributed by atoms with Crippen molar-refractivity contribution in [1.82, 2.24) is 0 Å². The molecule has 58 heavy (non-hydrogen) atoms. The van der Waals surface area contributed by atoms with E-state index in [-0.39, 0.29) is 0 Å². The molecule has 2 heteroatoms. The Hall–Kier alpha value is -3.52. The van der Waals surface area contributed by atoms with E-state index in [4.69, 9.17) is 11.5 Å². The van der Waals surface area contributed by atoms with Crippen LogP contribution in [-0.2, 0) is 6.42 Å². The maximum absolute atomic E-state index is 6.14. The summed E-state index contributed by atoms with van der Waals surface area (Å²) in [7, 11) is 0. The van der Waals surface area contributed by atoms with Crippen LogP contribution in [0.3, 0.4) is 0 Å². The maximum atomic E-state index is 6.14. The fraction of sp³-hybridized carbons (Fsp3) is 0.571. The molecular formula is C56H84N2. The van der Waals surface area contributed by atoms with E-state index in [9.17, 15) is 0 Å². The van der Waals surface area contributed by atoms with Crippen molar-refractivity contribution in [3.05, 3.63) is 130 Å². The molecule has 0 radical (unpaired) electrons. The number of nitrogen functional groups attached to an aromatic ring is 2. The molecule has 0 aromatic heterocycles.